The molecule has 0 spiro atoms. The van der Waals surface area contributed by atoms with Gasteiger partial charge in [0.2, 0.25) is 0 Å². The van der Waals surface area contributed by atoms with Crippen molar-refractivity contribution in [2.24, 2.45) is 0 Å². The summed E-state index contributed by atoms with van der Waals surface area (Å²) < 4.78 is 5.07. The summed E-state index contributed by atoms with van der Waals surface area (Å²) in [6.07, 6.45) is 4.64. The van der Waals surface area contributed by atoms with E-state index in [0.717, 1.165) is 19.3 Å². The monoisotopic (exact) mass is 221 g/mol. The minimum Gasteiger partial charge on any atom is -0.455 e. The zero-order chi connectivity index (χ0) is 12.6. The first-order chi connectivity index (χ1) is 7.40. The molecule has 0 saturated heterocycles. The number of carbonyl (C=O) groups is 1. The molecule has 0 aromatic rings. The van der Waals surface area contributed by atoms with Crippen LogP contribution in [0.2, 0.25) is 0 Å². The van der Waals surface area contributed by atoms with Gasteiger partial charge in [-0.25, -0.2) is 4.79 Å². The zero-order valence-electron chi connectivity index (χ0n) is 10.5. The smallest absolute Gasteiger partial charge is 0.357 e. The number of nitrogens with zero attached hydrogens (tertiary/aromatic N) is 1. The van der Waals surface area contributed by atoms with Crippen LogP contribution in [0.1, 0.15) is 47.0 Å². The molecule has 0 heterocycles. The van der Waals surface area contributed by atoms with Crippen molar-refractivity contribution in [2.45, 2.75) is 52.6 Å². The Morgan fingerprint density at radius 3 is 2.50 bits per heavy atom. The molecule has 0 atom stereocenters. The van der Waals surface area contributed by atoms with Crippen molar-refractivity contribution in [2.75, 3.05) is 0 Å². The van der Waals surface area contributed by atoms with Gasteiger partial charge in [0.25, 0.3) is 0 Å². The number of hydrogen-bond acceptors (Lipinski definition) is 3. The fourth-order valence-corrected chi connectivity index (χ4v) is 0.946. The van der Waals surface area contributed by atoms with Gasteiger partial charge >= 0.3 is 5.97 Å². The van der Waals surface area contributed by atoms with Gasteiger partial charge in [0, 0.05) is 0 Å². The summed E-state index contributed by atoms with van der Waals surface area (Å²) in [5.74, 6) is -0.609. The maximum Gasteiger partial charge on any atom is 0.357 e. The van der Waals surface area contributed by atoms with Gasteiger partial charge < -0.3 is 4.74 Å². The molecule has 0 unspecified atom stereocenters. The minimum atomic E-state index is -0.609. The van der Waals surface area contributed by atoms with Crippen molar-refractivity contribution in [1.29, 1.82) is 5.26 Å². The Bertz CT molecular complexity index is 336. The first-order valence-electron chi connectivity index (χ1n) is 5.49. The molecular weight excluding hydrogens is 202 g/mol. The van der Waals surface area contributed by atoms with Crippen molar-refractivity contribution in [3.05, 3.63) is 17.4 Å². The van der Waals surface area contributed by atoms with Crippen LogP contribution in [0.4, 0.5) is 0 Å². The van der Waals surface area contributed by atoms with E-state index in [1.54, 1.807) is 32.9 Å². The topological polar surface area (TPSA) is 50.1 Å². The summed E-state index contributed by atoms with van der Waals surface area (Å²) >= 11 is 0. The van der Waals surface area contributed by atoms with Crippen molar-refractivity contribution in [1.82, 2.24) is 0 Å². The van der Waals surface area contributed by atoms with Gasteiger partial charge in [-0.15, -0.1) is 0 Å². The van der Waals surface area contributed by atoms with Gasteiger partial charge in [-0.2, -0.15) is 5.26 Å². The van der Waals surface area contributed by atoms with Crippen LogP contribution >= 0.6 is 0 Å². The lowest BCUT2D eigenvalue weighted by Crippen LogP contribution is -2.24. The predicted molar refractivity (Wildman–Crippen MR) is 62.6 cm³/mol. The lowest BCUT2D eigenvalue weighted by atomic mass is 10.2. The number of esters is 1. The molecule has 3 nitrogen and oxygen atoms in total. The summed E-state index contributed by atoms with van der Waals surface area (Å²) in [5.41, 5.74) is 2.04. The van der Waals surface area contributed by atoms with E-state index in [0.29, 0.717) is 0 Å². The van der Waals surface area contributed by atoms with Crippen LogP contribution in [-0.4, -0.2) is 11.6 Å². The normalized spacial score (nSPS) is 9.94. The average molecular weight is 221 g/mol. The van der Waals surface area contributed by atoms with E-state index >= 15 is 0 Å². The summed E-state index contributed by atoms with van der Waals surface area (Å²) in [7, 11) is 0. The summed E-state index contributed by atoms with van der Waals surface area (Å²) in [4.78, 5) is 11.5. The number of carbonyl (C=O) groups excluding carboxylic acids is 1. The Morgan fingerprint density at radius 1 is 1.44 bits per heavy atom. The number of rotatable bonds is 4. The highest BCUT2D eigenvalue weighted by molar-refractivity contribution is 5.92. The number of nitriles is 1. The quantitative estimate of drug-likeness (QED) is 0.241. The van der Waals surface area contributed by atoms with Gasteiger partial charge in [-0.05, 0) is 39.7 Å². The lowest BCUT2D eigenvalue weighted by molar-refractivity contribution is -0.149. The fraction of sp³-hybridized carbons (Fsp3) is 0.615. The van der Waals surface area contributed by atoms with E-state index < -0.39 is 11.6 Å². The number of ether oxygens (including phenoxy) is 1. The molecule has 0 aliphatic carbocycles. The van der Waals surface area contributed by atoms with Crippen molar-refractivity contribution >= 4 is 5.97 Å². The third-order valence-corrected chi connectivity index (χ3v) is 1.66. The van der Waals surface area contributed by atoms with Crippen LogP contribution in [-0.2, 0) is 9.53 Å². The van der Waals surface area contributed by atoms with Gasteiger partial charge in [0.1, 0.15) is 11.7 Å². The summed E-state index contributed by atoms with van der Waals surface area (Å²) in [5, 5.41) is 8.78. The Kier molecular flexibility index (Phi) is 6.22. The lowest BCUT2D eigenvalue weighted by Gasteiger charge is -2.18. The molecule has 0 saturated carbocycles. The van der Waals surface area contributed by atoms with Crippen molar-refractivity contribution in [3.8, 4) is 6.07 Å². The van der Waals surface area contributed by atoms with Crippen molar-refractivity contribution in [3.63, 3.8) is 0 Å². The molecule has 0 bridgehead atoms. The highest BCUT2D eigenvalue weighted by atomic mass is 16.6. The first kappa shape index (κ1) is 14.5. The van der Waals surface area contributed by atoms with E-state index in [2.05, 4.69) is 12.7 Å². The molecular formula is C13H19NO2. The highest BCUT2D eigenvalue weighted by Gasteiger charge is 2.19. The molecule has 3 heteroatoms. The fourth-order valence-electron chi connectivity index (χ4n) is 0.946. The second-order valence-corrected chi connectivity index (χ2v) is 4.48. The van der Waals surface area contributed by atoms with Crippen molar-refractivity contribution < 1.29 is 9.53 Å². The Hall–Kier alpha value is -1.52. The van der Waals surface area contributed by atoms with E-state index in [1.165, 1.54) is 0 Å². The molecule has 0 aliphatic rings. The van der Waals surface area contributed by atoms with E-state index in [1.807, 2.05) is 0 Å². The van der Waals surface area contributed by atoms with Gasteiger partial charge in [-0.3, -0.25) is 0 Å². The SMILES string of the molecule is CCCCC=C=C(C#N)C(=O)OC(C)(C)C. The standard InChI is InChI=1S/C13H19NO2/c1-5-6-7-8-9-11(10-14)12(15)16-13(2,3)4/h8H,5-7H2,1-4H3. The maximum absolute atomic E-state index is 11.5. The Balaban J connectivity index is 4.57. The van der Waals surface area contributed by atoms with Gasteiger partial charge in [0.15, 0.2) is 5.57 Å². The molecule has 0 N–H and O–H groups in total. The summed E-state index contributed by atoms with van der Waals surface area (Å²) in [6.45, 7) is 7.37. The largest absolute Gasteiger partial charge is 0.455 e. The molecule has 16 heavy (non-hydrogen) atoms. The molecule has 0 fully saturated rings. The first-order valence-corrected chi connectivity index (χ1v) is 5.49. The highest BCUT2D eigenvalue weighted by Crippen LogP contribution is 2.10. The van der Waals surface area contributed by atoms with E-state index in [-0.39, 0.29) is 5.57 Å². The van der Waals surface area contributed by atoms with Gasteiger partial charge in [0.05, 0.1) is 0 Å². The molecule has 0 aromatic carbocycles. The second-order valence-electron chi connectivity index (χ2n) is 4.48. The Morgan fingerprint density at radius 2 is 2.06 bits per heavy atom. The molecule has 0 rings (SSSR count). The number of hydrogen-bond donors (Lipinski definition) is 0. The predicted octanol–water partition coefficient (Wildman–Crippen LogP) is 3.12. The van der Waals surface area contributed by atoms with Crippen LogP contribution < -0.4 is 0 Å². The van der Waals surface area contributed by atoms with E-state index in [9.17, 15) is 4.79 Å². The maximum atomic E-state index is 11.5. The van der Waals surface area contributed by atoms with Crippen LogP contribution in [0.5, 0.6) is 0 Å². The zero-order valence-corrected chi connectivity index (χ0v) is 10.5. The average Bonchev–Trinajstić information content (AvgIpc) is 2.15. The molecule has 88 valence electrons. The summed E-state index contributed by atoms with van der Waals surface area (Å²) in [6, 6.07) is 1.80. The molecule has 0 aromatic heterocycles. The minimum absolute atomic E-state index is 0.0639. The van der Waals surface area contributed by atoms with Crippen LogP contribution in [0, 0.1) is 11.3 Å². The van der Waals surface area contributed by atoms with Gasteiger partial charge in [-0.1, -0.05) is 19.1 Å². The third-order valence-electron chi connectivity index (χ3n) is 1.66. The van der Waals surface area contributed by atoms with Crippen LogP contribution in [0.15, 0.2) is 17.4 Å². The third kappa shape index (κ3) is 6.86. The van der Waals surface area contributed by atoms with Crippen LogP contribution in [0.25, 0.3) is 0 Å². The molecule has 0 aliphatic heterocycles. The van der Waals surface area contributed by atoms with Crippen LogP contribution in [0.3, 0.4) is 0 Å². The number of unbranched alkanes of at least 4 members (excludes halogenated alkanes) is 2. The Labute approximate surface area is 97.4 Å². The molecule has 0 radical (unpaired) electrons. The molecule has 0 amide bonds. The van der Waals surface area contributed by atoms with E-state index in [4.69, 9.17) is 10.00 Å². The second kappa shape index (κ2) is 6.87.